The van der Waals surface area contributed by atoms with Crippen molar-refractivity contribution in [1.82, 2.24) is 10.6 Å². The molecule has 2 amide bonds. The van der Waals surface area contributed by atoms with E-state index in [2.05, 4.69) is 17.6 Å². The molecule has 0 aliphatic heterocycles. The summed E-state index contributed by atoms with van der Waals surface area (Å²) in [4.78, 5) is 37.4. The third-order valence-electron chi connectivity index (χ3n) is 5.88. The van der Waals surface area contributed by atoms with Gasteiger partial charge in [0.2, 0.25) is 5.91 Å². The molecular formula is C29H48N2O5. The monoisotopic (exact) mass is 504 g/mol. The molecular weight excluding hydrogens is 456 g/mol. The van der Waals surface area contributed by atoms with Crippen molar-refractivity contribution in [3.05, 3.63) is 35.9 Å². The van der Waals surface area contributed by atoms with Crippen LogP contribution in [0.4, 0.5) is 4.79 Å². The van der Waals surface area contributed by atoms with E-state index in [1.165, 1.54) is 32.1 Å². The van der Waals surface area contributed by atoms with Crippen LogP contribution in [0.15, 0.2) is 30.3 Å². The van der Waals surface area contributed by atoms with Crippen LogP contribution in [0.1, 0.15) is 104 Å². The van der Waals surface area contributed by atoms with Gasteiger partial charge in [0.05, 0.1) is 0 Å². The summed E-state index contributed by atoms with van der Waals surface area (Å²) in [5.41, 5.74) is 0.240. The van der Waals surface area contributed by atoms with Gasteiger partial charge in [-0.1, -0.05) is 75.8 Å². The molecule has 0 fully saturated rings. The van der Waals surface area contributed by atoms with Gasteiger partial charge in [-0.3, -0.25) is 4.79 Å². The SMILES string of the molecule is CCCCCCCCC[C@H](CCCC(=O)NC)OC(=O)C(Cc1ccccc1)NC(=O)OC(C)(C)C. The molecule has 0 saturated carbocycles. The average molecular weight is 505 g/mol. The predicted octanol–water partition coefficient (Wildman–Crippen LogP) is 6.09. The summed E-state index contributed by atoms with van der Waals surface area (Å²) < 4.78 is 11.3. The summed E-state index contributed by atoms with van der Waals surface area (Å²) in [5.74, 6) is -0.498. The normalized spacial score (nSPS) is 12.9. The van der Waals surface area contributed by atoms with E-state index < -0.39 is 23.7 Å². The minimum atomic E-state index is -0.863. The van der Waals surface area contributed by atoms with Gasteiger partial charge in [0.15, 0.2) is 0 Å². The van der Waals surface area contributed by atoms with Gasteiger partial charge in [0.25, 0.3) is 0 Å². The molecule has 7 nitrogen and oxygen atoms in total. The van der Waals surface area contributed by atoms with E-state index >= 15 is 0 Å². The average Bonchev–Trinajstić information content (AvgIpc) is 2.82. The first kappa shape index (κ1) is 31.5. The summed E-state index contributed by atoms with van der Waals surface area (Å²) in [6.45, 7) is 7.55. The van der Waals surface area contributed by atoms with Gasteiger partial charge in [-0.05, 0) is 52.0 Å². The number of benzene rings is 1. The molecule has 0 aliphatic rings. The first-order chi connectivity index (χ1) is 17.1. The maximum atomic E-state index is 13.2. The molecule has 0 bridgehead atoms. The zero-order chi connectivity index (χ0) is 26.8. The summed E-state index contributed by atoms with van der Waals surface area (Å²) >= 11 is 0. The molecule has 2 atom stereocenters. The summed E-state index contributed by atoms with van der Waals surface area (Å²) in [7, 11) is 1.62. The van der Waals surface area contributed by atoms with Gasteiger partial charge in [0, 0.05) is 19.9 Å². The molecule has 0 aromatic heterocycles. The Labute approximate surface area is 218 Å². The molecule has 36 heavy (non-hydrogen) atoms. The van der Waals surface area contributed by atoms with Crippen molar-refractivity contribution in [1.29, 1.82) is 0 Å². The molecule has 2 N–H and O–H groups in total. The molecule has 7 heteroatoms. The van der Waals surface area contributed by atoms with Crippen molar-refractivity contribution in [2.24, 2.45) is 0 Å². The maximum absolute atomic E-state index is 13.2. The summed E-state index contributed by atoms with van der Waals surface area (Å²) in [5, 5.41) is 5.34. The molecule has 1 aromatic carbocycles. The van der Waals surface area contributed by atoms with Gasteiger partial charge in [-0.15, -0.1) is 0 Å². The maximum Gasteiger partial charge on any atom is 0.408 e. The highest BCUT2D eigenvalue weighted by Gasteiger charge is 2.28. The number of esters is 1. The number of rotatable bonds is 17. The highest BCUT2D eigenvalue weighted by Crippen LogP contribution is 2.17. The third-order valence-corrected chi connectivity index (χ3v) is 5.88. The van der Waals surface area contributed by atoms with E-state index in [1.54, 1.807) is 27.8 Å². The van der Waals surface area contributed by atoms with Crippen molar-refractivity contribution in [3.63, 3.8) is 0 Å². The second-order valence-electron chi connectivity index (χ2n) is 10.4. The minimum absolute atomic E-state index is 0.0236. The van der Waals surface area contributed by atoms with Crippen molar-refractivity contribution in [3.8, 4) is 0 Å². The molecule has 0 saturated heterocycles. The highest BCUT2D eigenvalue weighted by molar-refractivity contribution is 5.82. The van der Waals surface area contributed by atoms with Crippen LogP contribution in [0.25, 0.3) is 0 Å². The Bertz CT molecular complexity index is 761. The number of nitrogens with one attached hydrogen (secondary N) is 2. The number of alkyl carbamates (subject to hydrolysis) is 1. The van der Waals surface area contributed by atoms with Crippen LogP contribution in [-0.2, 0) is 25.5 Å². The number of amides is 2. The summed E-state index contributed by atoms with van der Waals surface area (Å²) in [6.07, 6.45) is 9.98. The van der Waals surface area contributed by atoms with E-state index in [9.17, 15) is 14.4 Å². The second kappa shape index (κ2) is 17.8. The number of unbranched alkanes of at least 4 members (excludes halogenated alkanes) is 6. The molecule has 0 heterocycles. The highest BCUT2D eigenvalue weighted by atomic mass is 16.6. The quantitative estimate of drug-likeness (QED) is 0.198. The van der Waals surface area contributed by atoms with E-state index in [0.717, 1.165) is 24.8 Å². The van der Waals surface area contributed by atoms with Crippen molar-refractivity contribution < 1.29 is 23.9 Å². The van der Waals surface area contributed by atoms with E-state index in [1.807, 2.05) is 30.3 Å². The Hall–Kier alpha value is -2.57. The lowest BCUT2D eigenvalue weighted by Gasteiger charge is -2.25. The van der Waals surface area contributed by atoms with Crippen molar-refractivity contribution >= 4 is 18.0 Å². The van der Waals surface area contributed by atoms with Gasteiger partial charge in [-0.2, -0.15) is 0 Å². The lowest BCUT2D eigenvalue weighted by molar-refractivity contribution is -0.152. The third kappa shape index (κ3) is 15.4. The second-order valence-corrected chi connectivity index (χ2v) is 10.4. The van der Waals surface area contributed by atoms with Crippen LogP contribution < -0.4 is 10.6 Å². The molecule has 0 radical (unpaired) electrons. The fourth-order valence-corrected chi connectivity index (χ4v) is 3.95. The van der Waals surface area contributed by atoms with Crippen molar-refractivity contribution in [2.75, 3.05) is 7.05 Å². The van der Waals surface area contributed by atoms with Gasteiger partial charge >= 0.3 is 12.1 Å². The minimum Gasteiger partial charge on any atom is -0.461 e. The number of carbonyl (C=O) groups is 3. The van der Waals surface area contributed by atoms with Crippen LogP contribution in [0.5, 0.6) is 0 Å². The fraction of sp³-hybridized carbons (Fsp3) is 0.690. The van der Waals surface area contributed by atoms with Crippen LogP contribution in [0.3, 0.4) is 0 Å². The molecule has 1 aromatic rings. The largest absolute Gasteiger partial charge is 0.461 e. The molecule has 0 aliphatic carbocycles. The van der Waals surface area contributed by atoms with E-state index in [-0.39, 0.29) is 12.0 Å². The lowest BCUT2D eigenvalue weighted by atomic mass is 10.0. The number of hydrogen-bond acceptors (Lipinski definition) is 5. The molecule has 0 spiro atoms. The van der Waals surface area contributed by atoms with E-state index in [4.69, 9.17) is 9.47 Å². The van der Waals surface area contributed by atoms with Crippen LogP contribution in [0.2, 0.25) is 0 Å². The summed E-state index contributed by atoms with van der Waals surface area (Å²) in [6, 6.07) is 8.66. The predicted molar refractivity (Wildman–Crippen MR) is 144 cm³/mol. The standard InChI is InChI=1S/C29H48N2O5/c1-6-7-8-9-10-11-15-19-24(20-16-21-26(32)30-5)35-27(33)25(22-23-17-13-12-14-18-23)31-28(34)36-29(2,3)4/h12-14,17-18,24-25H,6-11,15-16,19-22H2,1-5H3,(H,30,32)(H,31,34)/t24-,25?/m1/s1. The topological polar surface area (TPSA) is 93.7 Å². The zero-order valence-electron chi connectivity index (χ0n) is 23.1. The number of ether oxygens (including phenoxy) is 2. The van der Waals surface area contributed by atoms with Crippen LogP contribution in [0, 0.1) is 0 Å². The number of carbonyl (C=O) groups excluding carboxylic acids is 3. The molecule has 1 rings (SSSR count). The number of hydrogen-bond donors (Lipinski definition) is 2. The smallest absolute Gasteiger partial charge is 0.408 e. The van der Waals surface area contributed by atoms with Gasteiger partial charge < -0.3 is 20.1 Å². The van der Waals surface area contributed by atoms with Crippen molar-refractivity contribution in [2.45, 2.75) is 122 Å². The molecule has 1 unspecified atom stereocenters. The van der Waals surface area contributed by atoms with Gasteiger partial charge in [-0.25, -0.2) is 9.59 Å². The van der Waals surface area contributed by atoms with Gasteiger partial charge in [0.1, 0.15) is 17.7 Å². The fourth-order valence-electron chi connectivity index (χ4n) is 3.95. The Kier molecular flexibility index (Phi) is 15.6. The van der Waals surface area contributed by atoms with Crippen LogP contribution >= 0.6 is 0 Å². The molecule has 204 valence electrons. The Balaban J connectivity index is 2.80. The van der Waals surface area contributed by atoms with Crippen LogP contribution in [-0.4, -0.2) is 42.8 Å². The first-order valence-corrected chi connectivity index (χ1v) is 13.6. The first-order valence-electron chi connectivity index (χ1n) is 13.6. The Morgan fingerprint density at radius 2 is 1.50 bits per heavy atom. The zero-order valence-corrected chi connectivity index (χ0v) is 23.1. The lowest BCUT2D eigenvalue weighted by Crippen LogP contribution is -2.46. The van der Waals surface area contributed by atoms with E-state index in [0.29, 0.717) is 25.7 Å². The Morgan fingerprint density at radius 1 is 0.889 bits per heavy atom. The Morgan fingerprint density at radius 3 is 2.11 bits per heavy atom.